The molecule has 1 saturated carbocycles. The average Bonchev–Trinajstić information content (AvgIpc) is 3.03. The molecule has 1 aliphatic rings. The van der Waals surface area contributed by atoms with Gasteiger partial charge in [-0.2, -0.15) is 0 Å². The van der Waals surface area contributed by atoms with Crippen molar-refractivity contribution in [2.45, 2.75) is 24.7 Å². The summed E-state index contributed by atoms with van der Waals surface area (Å²) < 4.78 is 13.5. The minimum atomic E-state index is -0.0758. The zero-order valence-electron chi connectivity index (χ0n) is 11.8. The summed E-state index contributed by atoms with van der Waals surface area (Å²) in [5.41, 5.74) is 2.41. The Kier molecular flexibility index (Phi) is 2.36. The average molecular weight is 239 g/mol. The molecule has 0 aliphatic heterocycles. The highest BCUT2D eigenvalue weighted by Gasteiger charge is 2.51. The molecule has 3 atom stereocenters. The highest BCUT2D eigenvalue weighted by molar-refractivity contribution is 5.43. The van der Waals surface area contributed by atoms with Crippen molar-refractivity contribution in [2.24, 2.45) is 0 Å². The van der Waals surface area contributed by atoms with Crippen molar-refractivity contribution in [3.05, 3.63) is 65.7 Å². The molecule has 1 fully saturated rings. The lowest BCUT2D eigenvalue weighted by atomic mass is 9.93. The summed E-state index contributed by atoms with van der Waals surface area (Å²) in [6, 6.07) is 18.5. The quantitative estimate of drug-likeness (QED) is 0.782. The van der Waals surface area contributed by atoms with Crippen molar-refractivity contribution >= 4 is 0 Å². The van der Waals surface area contributed by atoms with Gasteiger partial charge in [0.1, 0.15) is 5.75 Å². The van der Waals surface area contributed by atoms with E-state index in [-0.39, 0.29) is 11.8 Å². The van der Waals surface area contributed by atoms with E-state index in [1.165, 1.54) is 11.1 Å². The van der Waals surface area contributed by atoms with Crippen LogP contribution in [0.15, 0.2) is 54.6 Å². The monoisotopic (exact) mass is 239 g/mol. The fourth-order valence-corrected chi connectivity index (χ4v) is 2.63. The maximum Gasteiger partial charge on any atom is 0.118 e. The van der Waals surface area contributed by atoms with E-state index < -0.39 is 0 Å². The second kappa shape index (κ2) is 4.16. The fourth-order valence-electron chi connectivity index (χ4n) is 2.63. The Hall–Kier alpha value is -1.76. The lowest BCUT2D eigenvalue weighted by Crippen LogP contribution is -2.03. The molecule has 0 saturated heterocycles. The van der Waals surface area contributed by atoms with Crippen LogP contribution in [0.2, 0.25) is 0 Å². The van der Waals surface area contributed by atoms with Gasteiger partial charge in [0.15, 0.2) is 0 Å². The van der Waals surface area contributed by atoms with Crippen LogP contribution in [0.4, 0.5) is 0 Å². The summed E-state index contributed by atoms with van der Waals surface area (Å²) in [6.45, 7) is 2.18. The Morgan fingerprint density at radius 3 is 2.39 bits per heavy atom. The number of hydrogen-bond acceptors (Lipinski definition) is 1. The third-order valence-electron chi connectivity index (χ3n) is 3.92. The van der Waals surface area contributed by atoms with Gasteiger partial charge in [-0.1, -0.05) is 49.4 Å². The molecule has 1 aliphatic carbocycles. The Balaban J connectivity index is 1.92. The van der Waals surface area contributed by atoms with Gasteiger partial charge in [-0.3, -0.25) is 0 Å². The topological polar surface area (TPSA) is 9.23 Å². The van der Waals surface area contributed by atoms with Crippen LogP contribution < -0.4 is 4.74 Å². The maximum atomic E-state index is 8.35. The van der Waals surface area contributed by atoms with E-state index in [9.17, 15) is 0 Å². The third-order valence-corrected chi connectivity index (χ3v) is 3.92. The molecule has 0 radical (unpaired) electrons. The van der Waals surface area contributed by atoms with Crippen LogP contribution in [0.5, 0.6) is 5.75 Å². The van der Waals surface area contributed by atoms with Crippen LogP contribution in [-0.2, 0) is 5.41 Å². The van der Waals surface area contributed by atoms with Crippen molar-refractivity contribution in [2.75, 3.05) is 7.11 Å². The largest absolute Gasteiger partial charge is 0.497 e. The van der Waals surface area contributed by atoms with Gasteiger partial charge in [0.05, 0.1) is 7.11 Å². The van der Waals surface area contributed by atoms with Crippen molar-refractivity contribution in [1.29, 1.82) is 0 Å². The molecule has 1 nitrogen and oxygen atoms in total. The van der Waals surface area contributed by atoms with E-state index in [4.69, 9.17) is 6.11 Å². The van der Waals surface area contributed by atoms with Crippen LogP contribution >= 0.6 is 0 Å². The smallest absolute Gasteiger partial charge is 0.118 e. The van der Waals surface area contributed by atoms with E-state index in [0.717, 1.165) is 5.75 Å². The molecule has 0 bridgehead atoms. The minimum Gasteiger partial charge on any atom is -0.497 e. The first kappa shape index (κ1) is 10.2. The lowest BCUT2D eigenvalue weighted by molar-refractivity contribution is 0.414. The molecule has 3 rings (SSSR count). The lowest BCUT2D eigenvalue weighted by Gasteiger charge is -2.12. The predicted octanol–water partition coefficient (Wildman–Crippen LogP) is 4.14. The zero-order chi connectivity index (χ0) is 13.5. The first-order valence-electron chi connectivity index (χ1n) is 6.87. The van der Waals surface area contributed by atoms with Gasteiger partial charge in [0.2, 0.25) is 0 Å². The number of benzene rings is 2. The molecule has 2 aromatic rings. The first-order chi connectivity index (χ1) is 9.17. The van der Waals surface area contributed by atoms with Gasteiger partial charge < -0.3 is 4.74 Å². The summed E-state index contributed by atoms with van der Waals surface area (Å²) in [7, 11) is 1.67. The Morgan fingerprint density at radius 2 is 1.78 bits per heavy atom. The van der Waals surface area contributed by atoms with E-state index in [2.05, 4.69) is 43.3 Å². The molecule has 18 heavy (non-hydrogen) atoms. The molecular formula is C17H18O. The fraction of sp³-hybridized carbons (Fsp3) is 0.294. The molecule has 2 aromatic carbocycles. The van der Waals surface area contributed by atoms with Gasteiger partial charge in [0, 0.05) is 1.37 Å². The van der Waals surface area contributed by atoms with Gasteiger partial charge in [-0.05, 0) is 41.0 Å². The summed E-state index contributed by atoms with van der Waals surface area (Å²) in [4.78, 5) is 0. The van der Waals surface area contributed by atoms with Crippen LogP contribution in [0.3, 0.4) is 0 Å². The molecule has 0 N–H and O–H groups in total. The molecule has 0 unspecified atom stereocenters. The molecule has 92 valence electrons. The number of methoxy groups -OCH3 is 1. The SMILES string of the molecule is [2H][C@@H]1[C@H](c2ccccc2)[C@@]1(C)c1ccc(OC)cc1. The molecule has 1 heteroatoms. The summed E-state index contributed by atoms with van der Waals surface area (Å²) in [6.07, 6.45) is -0.0664. The number of hydrogen-bond donors (Lipinski definition) is 0. The molecule has 0 amide bonds. The summed E-state index contributed by atoms with van der Waals surface area (Å²) in [5.74, 6) is 1.16. The summed E-state index contributed by atoms with van der Waals surface area (Å²) in [5, 5.41) is 0. The van der Waals surface area contributed by atoms with Gasteiger partial charge >= 0.3 is 0 Å². The Labute approximate surface area is 110 Å². The summed E-state index contributed by atoms with van der Waals surface area (Å²) >= 11 is 0. The van der Waals surface area contributed by atoms with Crippen molar-refractivity contribution in [3.63, 3.8) is 0 Å². The van der Waals surface area contributed by atoms with Crippen LogP contribution in [0.25, 0.3) is 0 Å². The van der Waals surface area contributed by atoms with E-state index in [1.807, 2.05) is 18.2 Å². The minimum absolute atomic E-state index is 0.0664. The highest BCUT2D eigenvalue weighted by atomic mass is 16.5. The first-order valence-corrected chi connectivity index (χ1v) is 6.29. The van der Waals surface area contributed by atoms with Gasteiger partial charge in [-0.15, -0.1) is 0 Å². The van der Waals surface area contributed by atoms with Crippen LogP contribution in [0.1, 0.15) is 31.7 Å². The van der Waals surface area contributed by atoms with Crippen molar-refractivity contribution in [1.82, 2.24) is 0 Å². The van der Waals surface area contributed by atoms with E-state index in [0.29, 0.717) is 5.92 Å². The second-order valence-corrected chi connectivity index (χ2v) is 5.07. The normalized spacial score (nSPS) is 30.7. The third kappa shape index (κ3) is 1.80. The Morgan fingerprint density at radius 1 is 1.11 bits per heavy atom. The van der Waals surface area contributed by atoms with Crippen LogP contribution in [0, 0.1) is 0 Å². The van der Waals surface area contributed by atoms with Crippen molar-refractivity contribution in [3.8, 4) is 5.75 Å². The molecule has 0 spiro atoms. The zero-order valence-corrected chi connectivity index (χ0v) is 10.8. The standard InChI is InChI=1S/C17H18O/c1-17(14-8-10-15(18-2)11-9-14)12-16(17)13-6-4-3-5-7-13/h3-11,16H,12H2,1-2H3/t16-,17-/m1/s1/i12D/t12-,16-,17-. The van der Waals surface area contributed by atoms with Gasteiger partial charge in [0.25, 0.3) is 0 Å². The Bertz CT molecular complexity index is 564. The molecule has 0 aromatic heterocycles. The van der Waals surface area contributed by atoms with Crippen LogP contribution in [-0.4, -0.2) is 7.11 Å². The van der Waals surface area contributed by atoms with Gasteiger partial charge in [-0.25, -0.2) is 0 Å². The maximum absolute atomic E-state index is 8.35. The molecule has 0 heterocycles. The van der Waals surface area contributed by atoms with E-state index in [1.54, 1.807) is 7.11 Å². The number of ether oxygens (including phenoxy) is 1. The number of rotatable bonds is 3. The molecular weight excluding hydrogens is 220 g/mol. The van der Waals surface area contributed by atoms with E-state index >= 15 is 0 Å². The second-order valence-electron chi connectivity index (χ2n) is 5.07. The predicted molar refractivity (Wildman–Crippen MR) is 74.1 cm³/mol. The highest BCUT2D eigenvalue weighted by Crippen LogP contribution is 2.60. The van der Waals surface area contributed by atoms with Crippen molar-refractivity contribution < 1.29 is 6.11 Å².